The lowest BCUT2D eigenvalue weighted by Gasteiger charge is -2.38. The van der Waals surface area contributed by atoms with Gasteiger partial charge in [-0.25, -0.2) is 0 Å². The first-order chi connectivity index (χ1) is 10.2. The zero-order chi connectivity index (χ0) is 15.1. The Morgan fingerprint density at radius 1 is 1.14 bits per heavy atom. The number of piperazine rings is 1. The van der Waals surface area contributed by atoms with E-state index in [1.54, 1.807) is 0 Å². The van der Waals surface area contributed by atoms with Gasteiger partial charge in [-0.05, 0) is 24.9 Å². The second kappa shape index (κ2) is 7.22. The quantitative estimate of drug-likeness (QED) is 0.517. The van der Waals surface area contributed by atoms with Gasteiger partial charge in [0.15, 0.2) is 0 Å². The summed E-state index contributed by atoms with van der Waals surface area (Å²) in [6, 6.07) is 10.2. The average molecular weight is 289 g/mol. The Balaban J connectivity index is 1.83. The molecular formula is C16H23N3O2. The second-order valence-electron chi connectivity index (χ2n) is 5.58. The lowest BCUT2D eigenvalue weighted by atomic mass is 9.88. The summed E-state index contributed by atoms with van der Waals surface area (Å²) in [5.41, 5.74) is 0.923. The monoisotopic (exact) mass is 289 g/mol. The molecular weight excluding hydrogens is 266 g/mol. The Morgan fingerprint density at radius 3 is 2.57 bits per heavy atom. The van der Waals surface area contributed by atoms with Gasteiger partial charge < -0.3 is 16.0 Å². The van der Waals surface area contributed by atoms with Crippen LogP contribution in [0.3, 0.4) is 0 Å². The van der Waals surface area contributed by atoms with Gasteiger partial charge in [-0.2, -0.15) is 0 Å². The molecule has 1 aromatic carbocycles. The third-order valence-electron chi connectivity index (χ3n) is 3.85. The summed E-state index contributed by atoms with van der Waals surface area (Å²) < 4.78 is 0. The molecule has 1 fully saturated rings. The number of amides is 2. The molecule has 2 rings (SSSR count). The van der Waals surface area contributed by atoms with Gasteiger partial charge in [0.1, 0.15) is 0 Å². The zero-order valence-corrected chi connectivity index (χ0v) is 12.4. The van der Waals surface area contributed by atoms with E-state index < -0.39 is 11.8 Å². The summed E-state index contributed by atoms with van der Waals surface area (Å²) in [5.74, 6) is -1.04. The zero-order valence-electron chi connectivity index (χ0n) is 12.4. The van der Waals surface area contributed by atoms with Crippen molar-refractivity contribution < 1.29 is 9.59 Å². The van der Waals surface area contributed by atoms with E-state index in [0.717, 1.165) is 32.4 Å². The molecule has 5 nitrogen and oxygen atoms in total. The van der Waals surface area contributed by atoms with Crippen LogP contribution in [0, 0.1) is 0 Å². The first-order valence-electron chi connectivity index (χ1n) is 7.50. The molecule has 0 spiro atoms. The van der Waals surface area contributed by atoms with E-state index >= 15 is 0 Å². The first-order valence-corrected chi connectivity index (χ1v) is 7.50. The highest BCUT2D eigenvalue weighted by molar-refractivity contribution is 6.35. The Bertz CT molecular complexity index is 490. The van der Waals surface area contributed by atoms with E-state index in [0.29, 0.717) is 6.54 Å². The summed E-state index contributed by atoms with van der Waals surface area (Å²) in [7, 11) is 0. The van der Waals surface area contributed by atoms with Crippen molar-refractivity contribution in [2.75, 3.05) is 13.1 Å². The summed E-state index contributed by atoms with van der Waals surface area (Å²) in [6.45, 7) is 4.20. The Morgan fingerprint density at radius 2 is 1.90 bits per heavy atom. The number of carbonyl (C=O) groups excluding carboxylic acids is 2. The molecule has 1 unspecified atom stereocenters. The predicted molar refractivity (Wildman–Crippen MR) is 81.6 cm³/mol. The fraction of sp³-hybridized carbons (Fsp3) is 0.500. The lowest BCUT2D eigenvalue weighted by Crippen LogP contribution is -2.64. The fourth-order valence-electron chi connectivity index (χ4n) is 2.73. The molecule has 21 heavy (non-hydrogen) atoms. The van der Waals surface area contributed by atoms with Crippen molar-refractivity contribution in [3.05, 3.63) is 35.9 Å². The van der Waals surface area contributed by atoms with Crippen molar-refractivity contribution in [1.82, 2.24) is 16.0 Å². The van der Waals surface area contributed by atoms with Crippen LogP contribution in [0.2, 0.25) is 0 Å². The minimum atomic E-state index is -0.529. The Hall–Kier alpha value is -1.88. The third-order valence-corrected chi connectivity index (χ3v) is 3.85. The van der Waals surface area contributed by atoms with Gasteiger partial charge in [-0.3, -0.25) is 9.59 Å². The molecule has 0 aromatic heterocycles. The standard InChI is InChI=1S/C16H23N3O2/c1-2-8-16(12-18-14(20)15(21)19-16)9-10-17-11-13-6-4-3-5-7-13/h3-7,17H,2,8-12H2,1H3,(H,18,20)(H,19,21). The number of hydrogen-bond donors (Lipinski definition) is 3. The number of nitrogens with one attached hydrogen (secondary N) is 3. The lowest BCUT2D eigenvalue weighted by molar-refractivity contribution is -0.143. The molecule has 0 bridgehead atoms. The topological polar surface area (TPSA) is 70.2 Å². The smallest absolute Gasteiger partial charge is 0.309 e. The third kappa shape index (κ3) is 4.29. The minimum Gasteiger partial charge on any atom is -0.345 e. The molecule has 114 valence electrons. The molecule has 1 heterocycles. The van der Waals surface area contributed by atoms with Gasteiger partial charge in [0.25, 0.3) is 0 Å². The highest BCUT2D eigenvalue weighted by Gasteiger charge is 2.37. The molecule has 1 aliphatic rings. The summed E-state index contributed by atoms with van der Waals surface area (Å²) >= 11 is 0. The number of rotatable bonds is 7. The minimum absolute atomic E-state index is 0.316. The van der Waals surface area contributed by atoms with Gasteiger partial charge in [0, 0.05) is 13.1 Å². The van der Waals surface area contributed by atoms with Crippen LogP contribution in [0.15, 0.2) is 30.3 Å². The van der Waals surface area contributed by atoms with E-state index in [1.165, 1.54) is 5.56 Å². The SMILES string of the molecule is CCCC1(CCNCc2ccccc2)CNC(=O)C(=O)N1. The molecule has 0 radical (unpaired) electrons. The second-order valence-corrected chi connectivity index (χ2v) is 5.58. The highest BCUT2D eigenvalue weighted by atomic mass is 16.2. The van der Waals surface area contributed by atoms with Crippen molar-refractivity contribution in [2.45, 2.75) is 38.3 Å². The van der Waals surface area contributed by atoms with Gasteiger partial charge in [-0.1, -0.05) is 43.7 Å². The van der Waals surface area contributed by atoms with Gasteiger partial charge >= 0.3 is 11.8 Å². The van der Waals surface area contributed by atoms with Gasteiger partial charge in [0.05, 0.1) is 5.54 Å². The van der Waals surface area contributed by atoms with Crippen LogP contribution >= 0.6 is 0 Å². The average Bonchev–Trinajstić information content (AvgIpc) is 2.49. The number of benzene rings is 1. The van der Waals surface area contributed by atoms with Crippen LogP contribution in [-0.4, -0.2) is 30.4 Å². The molecule has 2 amide bonds. The van der Waals surface area contributed by atoms with Crippen LogP contribution in [-0.2, 0) is 16.1 Å². The van der Waals surface area contributed by atoms with Gasteiger partial charge in [0.2, 0.25) is 0 Å². The summed E-state index contributed by atoms with van der Waals surface area (Å²) in [5, 5.41) is 8.97. The summed E-state index contributed by atoms with van der Waals surface area (Å²) in [4.78, 5) is 22.9. The molecule has 0 saturated carbocycles. The number of hydrogen-bond acceptors (Lipinski definition) is 3. The number of carbonyl (C=O) groups is 2. The van der Waals surface area contributed by atoms with Crippen LogP contribution in [0.4, 0.5) is 0 Å². The maximum absolute atomic E-state index is 11.6. The van der Waals surface area contributed by atoms with E-state index in [-0.39, 0.29) is 5.54 Å². The Labute approximate surface area is 125 Å². The van der Waals surface area contributed by atoms with Gasteiger partial charge in [-0.15, -0.1) is 0 Å². The predicted octanol–water partition coefficient (Wildman–Crippen LogP) is 0.951. The molecule has 1 atom stereocenters. The molecule has 3 N–H and O–H groups in total. The maximum Gasteiger partial charge on any atom is 0.309 e. The Kier molecular flexibility index (Phi) is 5.33. The van der Waals surface area contributed by atoms with E-state index in [4.69, 9.17) is 0 Å². The van der Waals surface area contributed by atoms with Crippen molar-refractivity contribution in [2.24, 2.45) is 0 Å². The van der Waals surface area contributed by atoms with Crippen molar-refractivity contribution >= 4 is 11.8 Å². The van der Waals surface area contributed by atoms with Crippen LogP contribution in [0.1, 0.15) is 31.7 Å². The molecule has 1 aliphatic heterocycles. The van der Waals surface area contributed by atoms with E-state index in [1.807, 2.05) is 18.2 Å². The first kappa shape index (κ1) is 15.5. The van der Waals surface area contributed by atoms with Crippen molar-refractivity contribution in [3.8, 4) is 0 Å². The molecule has 5 heteroatoms. The van der Waals surface area contributed by atoms with Crippen LogP contribution in [0.5, 0.6) is 0 Å². The van der Waals surface area contributed by atoms with E-state index in [2.05, 4.69) is 35.0 Å². The highest BCUT2D eigenvalue weighted by Crippen LogP contribution is 2.19. The summed E-state index contributed by atoms with van der Waals surface area (Å²) in [6.07, 6.45) is 2.64. The molecule has 1 aromatic rings. The van der Waals surface area contributed by atoms with Crippen LogP contribution in [0.25, 0.3) is 0 Å². The van der Waals surface area contributed by atoms with Crippen LogP contribution < -0.4 is 16.0 Å². The maximum atomic E-state index is 11.6. The largest absolute Gasteiger partial charge is 0.345 e. The molecule has 0 aliphatic carbocycles. The van der Waals surface area contributed by atoms with E-state index in [9.17, 15) is 9.59 Å². The van der Waals surface area contributed by atoms with Crippen molar-refractivity contribution in [3.63, 3.8) is 0 Å². The normalized spacial score (nSPS) is 21.8. The molecule has 1 saturated heterocycles. The van der Waals surface area contributed by atoms with Crippen molar-refractivity contribution in [1.29, 1.82) is 0 Å². The fourth-order valence-corrected chi connectivity index (χ4v) is 2.73.